The molecule has 1 aliphatic heterocycles. The third-order valence-corrected chi connectivity index (χ3v) is 6.19. The van der Waals surface area contributed by atoms with Crippen molar-refractivity contribution < 1.29 is 27.5 Å². The van der Waals surface area contributed by atoms with Crippen LogP contribution in [0.2, 0.25) is 0 Å². The van der Waals surface area contributed by atoms with Gasteiger partial charge < -0.3 is 20.7 Å². The monoisotopic (exact) mass is 504 g/mol. The molecule has 36 heavy (non-hydrogen) atoms. The smallest absolute Gasteiger partial charge is 0.383 e. The number of carbonyl (C=O) groups is 2. The maximum Gasteiger partial charge on any atom is 0.416 e. The molecule has 1 aromatic carbocycles. The fraction of sp³-hybridized carbons (Fsp3) is 0.417. The highest BCUT2D eigenvalue weighted by molar-refractivity contribution is 6.40. The van der Waals surface area contributed by atoms with Crippen LogP contribution < -0.4 is 11.1 Å². The Hall–Kier alpha value is -3.67. The first-order valence-corrected chi connectivity index (χ1v) is 11.6. The van der Waals surface area contributed by atoms with Gasteiger partial charge in [-0.1, -0.05) is 6.07 Å². The number of fused-ring (bicyclic) bond motifs is 1. The van der Waals surface area contributed by atoms with Crippen molar-refractivity contribution in [2.75, 3.05) is 24.2 Å². The minimum atomic E-state index is -4.46. The fourth-order valence-electron chi connectivity index (χ4n) is 4.12. The quantitative estimate of drug-likeness (QED) is 0.507. The number of anilines is 2. The van der Waals surface area contributed by atoms with Crippen molar-refractivity contribution in [3.63, 3.8) is 0 Å². The number of halogens is 3. The van der Waals surface area contributed by atoms with E-state index in [0.29, 0.717) is 28.6 Å². The Balaban J connectivity index is 1.52. The molecule has 3 heterocycles. The number of nitrogens with zero attached hydrogens (tertiary/aromatic N) is 4. The topological polar surface area (TPSA) is 115 Å². The predicted octanol–water partition coefficient (Wildman–Crippen LogP) is 4.03. The lowest BCUT2D eigenvalue weighted by atomic mass is 10.0. The maximum absolute atomic E-state index is 13.0. The summed E-state index contributed by atoms with van der Waals surface area (Å²) < 4.78 is 46.3. The molecule has 3 N–H and O–H groups in total. The van der Waals surface area contributed by atoms with Crippen LogP contribution in [0.25, 0.3) is 10.9 Å². The van der Waals surface area contributed by atoms with Crippen LogP contribution in [-0.2, 0) is 27.0 Å². The van der Waals surface area contributed by atoms with Crippen molar-refractivity contribution in [1.29, 1.82) is 0 Å². The number of likely N-dealkylation sites (N-methyl/N-ethyl adjacent to an activating group) is 1. The van der Waals surface area contributed by atoms with E-state index in [1.54, 1.807) is 17.8 Å². The largest absolute Gasteiger partial charge is 0.416 e. The van der Waals surface area contributed by atoms with Crippen LogP contribution in [0.15, 0.2) is 30.6 Å². The van der Waals surface area contributed by atoms with Gasteiger partial charge in [0, 0.05) is 25.9 Å². The number of alkyl halides is 3. The van der Waals surface area contributed by atoms with Crippen LogP contribution in [0, 0.1) is 6.92 Å². The second kappa shape index (κ2) is 10.1. The number of nitrogen functional groups attached to an aromatic ring is 1. The van der Waals surface area contributed by atoms with Gasteiger partial charge in [0.25, 0.3) is 0 Å². The zero-order valence-corrected chi connectivity index (χ0v) is 19.9. The Kier molecular flexibility index (Phi) is 7.16. The van der Waals surface area contributed by atoms with Crippen LogP contribution in [0.4, 0.5) is 24.7 Å². The summed E-state index contributed by atoms with van der Waals surface area (Å²) in [6, 6.07) is 3.31. The van der Waals surface area contributed by atoms with Gasteiger partial charge in [0.15, 0.2) is 0 Å². The first-order chi connectivity index (χ1) is 17.1. The lowest BCUT2D eigenvalue weighted by molar-refractivity contribution is -0.143. The number of rotatable bonds is 5. The molecular formula is C24H27F3N6O3. The SMILES string of the molecule is CCN(Cc1ccc(C(F)(F)F)cc1C)C(=O)C(=O)Nc1cnc(N)c2cn(C3CCCCO3)nc12. The highest BCUT2D eigenvalue weighted by Gasteiger charge is 2.31. The maximum atomic E-state index is 13.0. The van der Waals surface area contributed by atoms with Crippen LogP contribution in [0.5, 0.6) is 0 Å². The zero-order valence-electron chi connectivity index (χ0n) is 19.9. The standard InChI is InChI=1S/C24H27F3N6O3/c1-3-32(12-15-7-8-16(10-14(15)2)24(25,26)27)23(35)22(34)30-18-11-29-21(28)17-13-33(31-20(17)18)19-6-4-5-9-36-19/h7-8,10-11,13,19H,3-6,9,12H2,1-2H3,(H2,28,29)(H,30,34). The second-order valence-corrected chi connectivity index (χ2v) is 8.66. The summed E-state index contributed by atoms with van der Waals surface area (Å²) in [5.41, 5.74) is 6.70. The number of ether oxygens (including phenoxy) is 1. The number of nitrogens with one attached hydrogen (secondary N) is 1. The molecule has 2 amide bonds. The summed E-state index contributed by atoms with van der Waals surface area (Å²) in [7, 11) is 0. The molecule has 1 unspecified atom stereocenters. The summed E-state index contributed by atoms with van der Waals surface area (Å²) in [5.74, 6) is -1.53. The van der Waals surface area contributed by atoms with Gasteiger partial charge in [0.05, 0.1) is 22.8 Å². The van der Waals surface area contributed by atoms with E-state index in [0.717, 1.165) is 31.4 Å². The van der Waals surface area contributed by atoms with Gasteiger partial charge in [-0.2, -0.15) is 18.3 Å². The number of amides is 2. The first-order valence-electron chi connectivity index (χ1n) is 11.6. The zero-order chi connectivity index (χ0) is 26.0. The average Bonchev–Trinajstić information content (AvgIpc) is 3.31. The lowest BCUT2D eigenvalue weighted by Crippen LogP contribution is -2.39. The van der Waals surface area contributed by atoms with E-state index in [1.807, 2.05) is 0 Å². The van der Waals surface area contributed by atoms with Crippen molar-refractivity contribution in [2.45, 2.75) is 52.1 Å². The van der Waals surface area contributed by atoms with E-state index >= 15 is 0 Å². The number of benzene rings is 1. The minimum absolute atomic E-state index is 0.0181. The molecule has 0 bridgehead atoms. The molecule has 3 aromatic rings. The Bertz CT molecular complexity index is 1280. The highest BCUT2D eigenvalue weighted by Crippen LogP contribution is 2.31. The van der Waals surface area contributed by atoms with E-state index < -0.39 is 23.6 Å². The molecule has 2 aromatic heterocycles. The predicted molar refractivity (Wildman–Crippen MR) is 127 cm³/mol. The van der Waals surface area contributed by atoms with Crippen LogP contribution in [0.1, 0.15) is 49.1 Å². The number of hydrogen-bond donors (Lipinski definition) is 2. The molecule has 1 aliphatic rings. The number of nitrogens with two attached hydrogens (primary N) is 1. The summed E-state index contributed by atoms with van der Waals surface area (Å²) >= 11 is 0. The normalized spacial score (nSPS) is 16.2. The fourth-order valence-corrected chi connectivity index (χ4v) is 4.12. The van der Waals surface area contributed by atoms with Gasteiger partial charge in [-0.3, -0.25) is 9.59 Å². The number of hydrogen-bond acceptors (Lipinski definition) is 6. The molecule has 1 fully saturated rings. The van der Waals surface area contributed by atoms with Gasteiger partial charge in [0.1, 0.15) is 17.6 Å². The first kappa shape index (κ1) is 25.4. The number of aromatic nitrogens is 3. The molecular weight excluding hydrogens is 477 g/mol. The van der Waals surface area contributed by atoms with Gasteiger partial charge in [-0.25, -0.2) is 9.67 Å². The van der Waals surface area contributed by atoms with Gasteiger partial charge in [0.2, 0.25) is 0 Å². The van der Waals surface area contributed by atoms with Crippen molar-refractivity contribution in [2.24, 2.45) is 0 Å². The average molecular weight is 505 g/mol. The van der Waals surface area contributed by atoms with E-state index in [4.69, 9.17) is 10.5 Å². The molecule has 9 nitrogen and oxygen atoms in total. The minimum Gasteiger partial charge on any atom is -0.383 e. The van der Waals surface area contributed by atoms with Crippen LogP contribution >= 0.6 is 0 Å². The molecule has 192 valence electrons. The summed E-state index contributed by atoms with van der Waals surface area (Å²) in [5, 5.41) is 7.60. The van der Waals surface area contributed by atoms with E-state index in [1.165, 1.54) is 24.1 Å². The molecule has 0 radical (unpaired) electrons. The van der Waals surface area contributed by atoms with Gasteiger partial charge >= 0.3 is 18.0 Å². The molecule has 4 rings (SSSR count). The molecule has 1 atom stereocenters. The summed E-state index contributed by atoms with van der Waals surface area (Å²) in [4.78, 5) is 31.1. The Labute approximate surface area is 205 Å². The second-order valence-electron chi connectivity index (χ2n) is 8.66. The Morgan fingerprint density at radius 3 is 2.72 bits per heavy atom. The molecule has 12 heteroatoms. The van der Waals surface area contributed by atoms with Gasteiger partial charge in [-0.15, -0.1) is 0 Å². The molecule has 0 saturated carbocycles. The van der Waals surface area contributed by atoms with Crippen LogP contribution in [-0.4, -0.2) is 44.6 Å². The summed E-state index contributed by atoms with van der Waals surface area (Å²) in [6.45, 7) is 4.00. The van der Waals surface area contributed by atoms with Crippen molar-refractivity contribution in [3.8, 4) is 0 Å². The molecule has 0 spiro atoms. The third kappa shape index (κ3) is 5.27. The van der Waals surface area contributed by atoms with E-state index in [-0.39, 0.29) is 30.8 Å². The number of pyridine rings is 1. The van der Waals surface area contributed by atoms with Gasteiger partial charge in [-0.05, 0) is 56.4 Å². The third-order valence-electron chi connectivity index (χ3n) is 6.19. The van der Waals surface area contributed by atoms with Crippen molar-refractivity contribution >= 4 is 34.2 Å². The van der Waals surface area contributed by atoms with Crippen LogP contribution in [0.3, 0.4) is 0 Å². The molecule has 1 saturated heterocycles. The Morgan fingerprint density at radius 1 is 1.31 bits per heavy atom. The van der Waals surface area contributed by atoms with E-state index in [2.05, 4.69) is 15.4 Å². The van der Waals surface area contributed by atoms with Crippen molar-refractivity contribution in [3.05, 3.63) is 47.3 Å². The lowest BCUT2D eigenvalue weighted by Gasteiger charge is -2.22. The summed E-state index contributed by atoms with van der Waals surface area (Å²) in [6.07, 6.45) is 1.09. The number of aryl methyl sites for hydroxylation is 1. The highest BCUT2D eigenvalue weighted by atomic mass is 19.4. The number of carbonyl (C=O) groups excluding carboxylic acids is 2. The van der Waals surface area contributed by atoms with E-state index in [9.17, 15) is 22.8 Å². The molecule has 0 aliphatic carbocycles. The Morgan fingerprint density at radius 2 is 2.08 bits per heavy atom. The van der Waals surface area contributed by atoms with Crippen molar-refractivity contribution in [1.82, 2.24) is 19.7 Å².